The van der Waals surface area contributed by atoms with E-state index in [1.165, 1.54) is 18.9 Å². The minimum atomic E-state index is -0.944. The Morgan fingerprint density at radius 3 is 2.70 bits per heavy atom. The van der Waals surface area contributed by atoms with Crippen molar-refractivity contribution in [2.75, 3.05) is 6.61 Å². The van der Waals surface area contributed by atoms with E-state index in [4.69, 9.17) is 9.47 Å². The largest absolute Gasteiger partial charge is 0.463 e. The van der Waals surface area contributed by atoms with Crippen molar-refractivity contribution < 1.29 is 24.4 Å². The smallest absolute Gasteiger partial charge is 0.330 e. The van der Waals surface area contributed by atoms with E-state index >= 15 is 0 Å². The normalized spacial score (nSPS) is 24.7. The summed E-state index contributed by atoms with van der Waals surface area (Å²) < 4.78 is 10.6. The van der Waals surface area contributed by atoms with E-state index in [1.807, 2.05) is 0 Å². The van der Waals surface area contributed by atoms with Crippen LogP contribution in [0.3, 0.4) is 0 Å². The SMILES string of the molecule is CCCC/C=C/CCC[C@]1(OO)CC[C@@H](/C=C/C(=O)OCC)O1. The van der Waals surface area contributed by atoms with Crippen LogP contribution in [0.1, 0.15) is 65.2 Å². The van der Waals surface area contributed by atoms with Crippen LogP contribution in [-0.2, 0) is 19.2 Å². The Morgan fingerprint density at radius 2 is 2.04 bits per heavy atom. The van der Waals surface area contributed by atoms with Crippen LogP contribution in [-0.4, -0.2) is 29.7 Å². The third kappa shape index (κ3) is 7.77. The van der Waals surface area contributed by atoms with Crippen LogP contribution in [0.25, 0.3) is 0 Å². The molecule has 132 valence electrons. The zero-order valence-electron chi connectivity index (χ0n) is 14.3. The lowest BCUT2D eigenvalue weighted by Gasteiger charge is -2.25. The molecule has 1 fully saturated rings. The van der Waals surface area contributed by atoms with Crippen molar-refractivity contribution >= 4 is 5.97 Å². The molecule has 1 saturated heterocycles. The highest BCUT2D eigenvalue weighted by Crippen LogP contribution is 2.35. The molecule has 0 bridgehead atoms. The van der Waals surface area contributed by atoms with Crippen LogP contribution in [0.5, 0.6) is 0 Å². The molecule has 1 aliphatic rings. The van der Waals surface area contributed by atoms with Crippen molar-refractivity contribution in [2.45, 2.75) is 77.1 Å². The molecule has 1 rings (SSSR count). The molecule has 5 heteroatoms. The summed E-state index contributed by atoms with van der Waals surface area (Å²) in [5, 5.41) is 9.21. The first kappa shape index (κ1) is 19.9. The molecule has 0 amide bonds. The van der Waals surface area contributed by atoms with Gasteiger partial charge in [0.2, 0.25) is 5.79 Å². The van der Waals surface area contributed by atoms with Crippen molar-refractivity contribution in [3.8, 4) is 0 Å². The second-order valence-electron chi connectivity index (χ2n) is 5.81. The molecule has 1 aliphatic heterocycles. The number of unbranched alkanes of at least 4 members (excludes halogenated alkanes) is 3. The maximum Gasteiger partial charge on any atom is 0.330 e. The monoisotopic (exact) mass is 326 g/mol. The van der Waals surface area contributed by atoms with Crippen molar-refractivity contribution in [3.63, 3.8) is 0 Å². The molecule has 0 aromatic heterocycles. The molecule has 23 heavy (non-hydrogen) atoms. The Balaban J connectivity index is 2.32. The molecule has 5 nitrogen and oxygen atoms in total. The maximum absolute atomic E-state index is 11.3. The Hall–Kier alpha value is -1.17. The Labute approximate surface area is 139 Å². The number of hydrogen-bond donors (Lipinski definition) is 1. The molecule has 0 aromatic rings. The average molecular weight is 326 g/mol. The fourth-order valence-electron chi connectivity index (χ4n) is 2.61. The van der Waals surface area contributed by atoms with Crippen molar-refractivity contribution in [1.82, 2.24) is 0 Å². The van der Waals surface area contributed by atoms with E-state index in [9.17, 15) is 10.1 Å². The van der Waals surface area contributed by atoms with Gasteiger partial charge >= 0.3 is 5.97 Å². The summed E-state index contributed by atoms with van der Waals surface area (Å²) in [6.07, 6.45) is 14.5. The van der Waals surface area contributed by atoms with Crippen molar-refractivity contribution in [2.24, 2.45) is 0 Å². The predicted octanol–water partition coefficient (Wildman–Crippen LogP) is 4.39. The second-order valence-corrected chi connectivity index (χ2v) is 5.81. The van der Waals surface area contributed by atoms with Crippen molar-refractivity contribution in [1.29, 1.82) is 0 Å². The summed E-state index contributed by atoms with van der Waals surface area (Å²) in [7, 11) is 0. The topological polar surface area (TPSA) is 65.0 Å². The first-order valence-electron chi connectivity index (χ1n) is 8.66. The lowest BCUT2D eigenvalue weighted by atomic mass is 10.0. The molecule has 0 unspecified atom stereocenters. The first-order chi connectivity index (χ1) is 11.2. The van der Waals surface area contributed by atoms with Gasteiger partial charge in [-0.3, -0.25) is 0 Å². The van der Waals surface area contributed by atoms with Gasteiger partial charge in [-0.2, -0.15) is 0 Å². The van der Waals surface area contributed by atoms with E-state index < -0.39 is 5.79 Å². The van der Waals surface area contributed by atoms with Gasteiger partial charge in [-0.15, -0.1) is 0 Å². The summed E-state index contributed by atoms with van der Waals surface area (Å²) in [6.45, 7) is 4.30. The van der Waals surface area contributed by atoms with Gasteiger partial charge in [0, 0.05) is 18.9 Å². The minimum Gasteiger partial charge on any atom is -0.463 e. The van der Waals surface area contributed by atoms with E-state index in [-0.39, 0.29) is 12.1 Å². The molecule has 1 N–H and O–H groups in total. The summed E-state index contributed by atoms with van der Waals surface area (Å²) in [4.78, 5) is 15.9. The quantitative estimate of drug-likeness (QED) is 0.152. The Morgan fingerprint density at radius 1 is 1.30 bits per heavy atom. The average Bonchev–Trinajstić information content (AvgIpc) is 2.96. The molecule has 0 radical (unpaired) electrons. The van der Waals surface area contributed by atoms with Crippen LogP contribution < -0.4 is 0 Å². The standard InChI is InChI=1S/C18H30O5/c1-3-5-6-7-8-9-10-14-18(23-20)15-13-16(22-18)11-12-17(19)21-4-2/h7-8,11-12,16,20H,3-6,9-10,13-15H2,1-2H3/b8-7+,12-11+/t16-,18+/m1/s1. The Bertz CT molecular complexity index is 391. The van der Waals surface area contributed by atoms with Gasteiger partial charge in [-0.25, -0.2) is 14.9 Å². The van der Waals surface area contributed by atoms with Gasteiger partial charge in [-0.1, -0.05) is 31.9 Å². The van der Waals surface area contributed by atoms with Gasteiger partial charge in [0.15, 0.2) is 0 Å². The van der Waals surface area contributed by atoms with Gasteiger partial charge in [-0.05, 0) is 38.7 Å². The summed E-state index contributed by atoms with van der Waals surface area (Å²) in [6, 6.07) is 0. The van der Waals surface area contributed by atoms with Gasteiger partial charge < -0.3 is 9.47 Å². The van der Waals surface area contributed by atoms with Crippen LogP contribution in [0.15, 0.2) is 24.3 Å². The van der Waals surface area contributed by atoms with Crippen molar-refractivity contribution in [3.05, 3.63) is 24.3 Å². The van der Waals surface area contributed by atoms with Crippen LogP contribution in [0.2, 0.25) is 0 Å². The van der Waals surface area contributed by atoms with E-state index in [2.05, 4.69) is 24.0 Å². The number of ether oxygens (including phenoxy) is 2. The first-order valence-corrected chi connectivity index (χ1v) is 8.66. The summed E-state index contributed by atoms with van der Waals surface area (Å²) >= 11 is 0. The van der Waals surface area contributed by atoms with E-state index in [0.29, 0.717) is 25.9 Å². The molecule has 0 saturated carbocycles. The molecule has 0 aliphatic carbocycles. The fraction of sp³-hybridized carbons (Fsp3) is 0.722. The summed E-state index contributed by atoms with van der Waals surface area (Å²) in [5.41, 5.74) is 0. The number of hydrogen-bond acceptors (Lipinski definition) is 5. The number of carbonyl (C=O) groups is 1. The van der Waals surface area contributed by atoms with Crippen LogP contribution in [0, 0.1) is 0 Å². The number of esters is 1. The fourth-order valence-corrected chi connectivity index (χ4v) is 2.61. The number of carbonyl (C=O) groups excluding carboxylic acids is 1. The molecular formula is C18H30O5. The predicted molar refractivity (Wildman–Crippen MR) is 88.8 cm³/mol. The van der Waals surface area contributed by atoms with Gasteiger partial charge in [0.1, 0.15) is 0 Å². The molecule has 0 aromatic carbocycles. The minimum absolute atomic E-state index is 0.230. The zero-order chi connectivity index (χ0) is 17.0. The molecular weight excluding hydrogens is 296 g/mol. The lowest BCUT2D eigenvalue weighted by molar-refractivity contribution is -0.398. The maximum atomic E-state index is 11.3. The second kappa shape index (κ2) is 11.4. The molecule has 0 spiro atoms. The summed E-state index contributed by atoms with van der Waals surface area (Å²) in [5.74, 6) is -1.32. The lowest BCUT2D eigenvalue weighted by Crippen LogP contribution is -2.31. The Kier molecular flexibility index (Phi) is 9.83. The molecule has 2 atom stereocenters. The number of rotatable bonds is 11. The highest BCUT2D eigenvalue weighted by atomic mass is 17.1. The number of allylic oxidation sites excluding steroid dienone is 2. The van der Waals surface area contributed by atoms with Crippen LogP contribution in [0.4, 0.5) is 0 Å². The third-order valence-electron chi connectivity index (χ3n) is 3.90. The molecule has 1 heterocycles. The third-order valence-corrected chi connectivity index (χ3v) is 3.90. The highest BCUT2D eigenvalue weighted by Gasteiger charge is 2.40. The highest BCUT2D eigenvalue weighted by molar-refractivity contribution is 5.81. The van der Waals surface area contributed by atoms with E-state index in [1.54, 1.807) is 13.0 Å². The van der Waals surface area contributed by atoms with E-state index in [0.717, 1.165) is 19.3 Å². The zero-order valence-corrected chi connectivity index (χ0v) is 14.3. The van der Waals surface area contributed by atoms with Gasteiger partial charge in [0.25, 0.3) is 0 Å². The van der Waals surface area contributed by atoms with Gasteiger partial charge in [0.05, 0.1) is 12.7 Å². The van der Waals surface area contributed by atoms with Crippen LogP contribution >= 0.6 is 0 Å².